The highest BCUT2D eigenvalue weighted by Gasteiger charge is 2.14. The molecule has 24 heavy (non-hydrogen) atoms. The zero-order valence-corrected chi connectivity index (χ0v) is 15.7. The van der Waals surface area contributed by atoms with Crippen LogP contribution in [-0.2, 0) is 4.79 Å². The smallest absolute Gasteiger partial charge is 0.241 e. The Bertz CT molecular complexity index is 529. The summed E-state index contributed by atoms with van der Waals surface area (Å²) in [6.45, 7) is 6.74. The number of hydrogen-bond donors (Lipinski definition) is 2. The summed E-state index contributed by atoms with van der Waals surface area (Å²) in [4.78, 5) is 16.4. The number of aromatic hydroxyl groups is 1. The molecule has 1 saturated heterocycles. The number of amides is 1. The number of hydrazone groups is 1. The molecular weight excluding hydrogens is 351 g/mol. The molecule has 0 radical (unpaired) electrons. The van der Waals surface area contributed by atoms with E-state index in [0.717, 1.165) is 38.3 Å². The lowest BCUT2D eigenvalue weighted by Gasteiger charge is -2.32. The van der Waals surface area contributed by atoms with Crippen molar-refractivity contribution in [2.75, 3.05) is 39.8 Å². The Hall–Kier alpha value is -1.34. The number of phenols is 1. The normalized spacial score (nSPS) is 16.0. The lowest BCUT2D eigenvalue weighted by molar-refractivity contribution is -0.121. The van der Waals surface area contributed by atoms with E-state index in [4.69, 9.17) is 0 Å². The Morgan fingerprint density at radius 1 is 1.17 bits per heavy atom. The maximum Gasteiger partial charge on any atom is 0.241 e. The van der Waals surface area contributed by atoms with Crippen LogP contribution in [0.15, 0.2) is 29.4 Å². The molecule has 0 spiro atoms. The van der Waals surface area contributed by atoms with Gasteiger partial charge in [0, 0.05) is 39.1 Å². The summed E-state index contributed by atoms with van der Waals surface area (Å²) in [5.74, 6) is 0.143. The zero-order chi connectivity index (χ0) is 15.9. The van der Waals surface area contributed by atoms with Crippen molar-refractivity contribution in [1.29, 1.82) is 0 Å². The first-order chi connectivity index (χ1) is 10.5. The highest BCUT2D eigenvalue weighted by atomic mass is 35.5. The highest BCUT2D eigenvalue weighted by Crippen LogP contribution is 2.10. The fraction of sp³-hybridized carbons (Fsp3) is 0.500. The molecule has 0 aliphatic carbocycles. The summed E-state index contributed by atoms with van der Waals surface area (Å²) >= 11 is 0. The predicted octanol–water partition coefficient (Wildman–Crippen LogP) is 1.71. The Labute approximate surface area is 155 Å². The van der Waals surface area contributed by atoms with Crippen molar-refractivity contribution in [1.82, 2.24) is 15.2 Å². The quantitative estimate of drug-likeness (QED) is 0.606. The molecular formula is C16H26Cl2N4O2. The summed E-state index contributed by atoms with van der Waals surface area (Å²) in [6, 6.07) is 6.74. The molecule has 6 nitrogen and oxygen atoms in total. The molecule has 8 heteroatoms. The van der Waals surface area contributed by atoms with Crippen LogP contribution in [0.2, 0.25) is 0 Å². The van der Waals surface area contributed by atoms with Crippen LogP contribution in [0.3, 0.4) is 0 Å². The van der Waals surface area contributed by atoms with Gasteiger partial charge in [-0.15, -0.1) is 24.8 Å². The van der Waals surface area contributed by atoms with E-state index in [-0.39, 0.29) is 36.5 Å². The van der Waals surface area contributed by atoms with Crippen molar-refractivity contribution in [3.8, 4) is 5.75 Å². The lowest BCUT2D eigenvalue weighted by atomic mass is 10.1. The zero-order valence-electron chi connectivity index (χ0n) is 14.1. The second-order valence-electron chi connectivity index (χ2n) is 5.67. The standard InChI is InChI=1S/C16H24N4O2.2ClH/c1-13(14-3-5-15(21)6-4-14)17-18-16(22)7-8-20-11-9-19(2)10-12-20;;/h3-6,21H,7-12H2,1-2H3,(H,18,22);2*1H/b17-13+;;. The van der Waals surface area contributed by atoms with Crippen molar-refractivity contribution in [2.24, 2.45) is 5.10 Å². The van der Waals surface area contributed by atoms with Crippen LogP contribution in [0.5, 0.6) is 5.75 Å². The van der Waals surface area contributed by atoms with Gasteiger partial charge in [-0.3, -0.25) is 4.79 Å². The van der Waals surface area contributed by atoms with Crippen molar-refractivity contribution < 1.29 is 9.90 Å². The molecule has 0 bridgehead atoms. The topological polar surface area (TPSA) is 68.2 Å². The van der Waals surface area contributed by atoms with E-state index < -0.39 is 0 Å². The number of piperazine rings is 1. The fourth-order valence-electron chi connectivity index (χ4n) is 2.30. The van der Waals surface area contributed by atoms with Gasteiger partial charge in [0.2, 0.25) is 5.91 Å². The molecule has 0 aromatic heterocycles. The SMILES string of the molecule is C/C(=N\NC(=O)CCN1CCN(C)CC1)c1ccc(O)cc1.Cl.Cl. The third-order valence-corrected chi connectivity index (χ3v) is 3.88. The third kappa shape index (κ3) is 7.49. The molecule has 2 N–H and O–H groups in total. The molecule has 1 aliphatic heterocycles. The van der Waals surface area contributed by atoms with Crippen LogP contribution in [-0.4, -0.2) is 66.3 Å². The number of likely N-dealkylation sites (N-methyl/N-ethyl adjacent to an activating group) is 1. The van der Waals surface area contributed by atoms with Gasteiger partial charge < -0.3 is 14.9 Å². The first-order valence-electron chi connectivity index (χ1n) is 7.58. The summed E-state index contributed by atoms with van der Waals surface area (Å²) in [7, 11) is 2.12. The minimum Gasteiger partial charge on any atom is -0.508 e. The van der Waals surface area contributed by atoms with Crippen LogP contribution in [0, 0.1) is 0 Å². The third-order valence-electron chi connectivity index (χ3n) is 3.88. The molecule has 1 heterocycles. The number of halogens is 2. The van der Waals surface area contributed by atoms with Crippen molar-refractivity contribution in [2.45, 2.75) is 13.3 Å². The van der Waals surface area contributed by atoms with Crippen LogP contribution >= 0.6 is 24.8 Å². The second kappa shape index (κ2) is 11.3. The molecule has 136 valence electrons. The summed E-state index contributed by atoms with van der Waals surface area (Å²) in [6.07, 6.45) is 0.454. The number of phenolic OH excluding ortho intramolecular Hbond substituents is 1. The molecule has 1 amide bonds. The minimum absolute atomic E-state index is 0. The van der Waals surface area contributed by atoms with Crippen LogP contribution in [0.4, 0.5) is 0 Å². The second-order valence-corrected chi connectivity index (χ2v) is 5.67. The summed E-state index contributed by atoms with van der Waals surface area (Å²) in [5.41, 5.74) is 4.18. The molecule has 2 rings (SSSR count). The molecule has 1 aromatic rings. The van der Waals surface area contributed by atoms with E-state index in [0.29, 0.717) is 12.1 Å². The highest BCUT2D eigenvalue weighted by molar-refractivity contribution is 5.99. The molecule has 1 fully saturated rings. The van der Waals surface area contributed by atoms with E-state index in [1.807, 2.05) is 6.92 Å². The monoisotopic (exact) mass is 376 g/mol. The Balaban J connectivity index is 0.00000264. The Morgan fingerprint density at radius 3 is 2.33 bits per heavy atom. The average molecular weight is 377 g/mol. The molecule has 0 saturated carbocycles. The van der Waals surface area contributed by atoms with Crippen molar-refractivity contribution in [3.63, 3.8) is 0 Å². The van der Waals surface area contributed by atoms with Crippen LogP contribution in [0.25, 0.3) is 0 Å². The number of nitrogens with zero attached hydrogens (tertiary/aromatic N) is 3. The molecule has 0 atom stereocenters. The molecule has 0 unspecified atom stereocenters. The Kier molecular flexibility index (Phi) is 10.6. The molecule has 1 aliphatic rings. The van der Waals surface area contributed by atoms with Gasteiger partial charge in [-0.05, 0) is 43.8 Å². The van der Waals surface area contributed by atoms with E-state index >= 15 is 0 Å². The van der Waals surface area contributed by atoms with Gasteiger partial charge in [-0.1, -0.05) is 0 Å². The van der Waals surface area contributed by atoms with Crippen molar-refractivity contribution in [3.05, 3.63) is 29.8 Å². The van der Waals surface area contributed by atoms with Gasteiger partial charge in [-0.25, -0.2) is 5.43 Å². The van der Waals surface area contributed by atoms with E-state index in [1.54, 1.807) is 24.3 Å². The van der Waals surface area contributed by atoms with Crippen LogP contribution in [0.1, 0.15) is 18.9 Å². The summed E-state index contributed by atoms with van der Waals surface area (Å²) < 4.78 is 0. The number of nitrogens with one attached hydrogen (secondary N) is 1. The number of hydrogen-bond acceptors (Lipinski definition) is 5. The fourth-order valence-corrected chi connectivity index (χ4v) is 2.30. The molecule has 1 aromatic carbocycles. The number of rotatable bonds is 5. The first kappa shape index (κ1) is 22.7. The minimum atomic E-state index is -0.0722. The first-order valence-corrected chi connectivity index (χ1v) is 7.58. The van der Waals surface area contributed by atoms with Crippen LogP contribution < -0.4 is 5.43 Å². The van der Waals surface area contributed by atoms with Crippen molar-refractivity contribution >= 4 is 36.4 Å². The number of carbonyl (C=O) groups is 1. The van der Waals surface area contributed by atoms with Gasteiger partial charge in [0.1, 0.15) is 5.75 Å². The maximum atomic E-state index is 11.8. The average Bonchev–Trinajstić information content (AvgIpc) is 2.52. The van der Waals surface area contributed by atoms with Gasteiger partial charge in [-0.2, -0.15) is 5.10 Å². The maximum absolute atomic E-state index is 11.8. The predicted molar refractivity (Wildman–Crippen MR) is 102 cm³/mol. The van der Waals surface area contributed by atoms with E-state index in [2.05, 4.69) is 27.4 Å². The lowest BCUT2D eigenvalue weighted by Crippen LogP contribution is -2.45. The van der Waals surface area contributed by atoms with E-state index in [1.165, 1.54) is 0 Å². The van der Waals surface area contributed by atoms with Gasteiger partial charge in [0.05, 0.1) is 5.71 Å². The largest absolute Gasteiger partial charge is 0.508 e. The number of carbonyl (C=O) groups excluding carboxylic acids is 1. The van der Waals surface area contributed by atoms with Gasteiger partial charge in [0.25, 0.3) is 0 Å². The van der Waals surface area contributed by atoms with Gasteiger partial charge >= 0.3 is 0 Å². The summed E-state index contributed by atoms with van der Waals surface area (Å²) in [5, 5.41) is 13.4. The Morgan fingerprint density at radius 2 is 1.75 bits per heavy atom. The van der Waals surface area contributed by atoms with E-state index in [9.17, 15) is 9.90 Å². The van der Waals surface area contributed by atoms with Gasteiger partial charge in [0.15, 0.2) is 0 Å². The number of benzene rings is 1.